The molecule has 1 aliphatic rings. The van der Waals surface area contributed by atoms with Gasteiger partial charge < -0.3 is 4.74 Å². The summed E-state index contributed by atoms with van der Waals surface area (Å²) in [6, 6.07) is 15.3. The average molecular weight is 366 g/mol. The third-order valence-electron chi connectivity index (χ3n) is 5.96. The molecule has 1 heterocycles. The van der Waals surface area contributed by atoms with Gasteiger partial charge in [-0.25, -0.2) is 4.98 Å². The minimum absolute atomic E-state index is 0.448. The molecule has 27 heavy (non-hydrogen) atoms. The van der Waals surface area contributed by atoms with Gasteiger partial charge in [0.2, 0.25) is 5.88 Å². The maximum Gasteiger partial charge on any atom is 0.213 e. The molecule has 1 aromatic heterocycles. The molecule has 0 radical (unpaired) electrons. The van der Waals surface area contributed by atoms with Crippen LogP contribution in [0.15, 0.2) is 48.7 Å². The van der Waals surface area contributed by atoms with Crippen LogP contribution in [0.1, 0.15) is 94.1 Å². The zero-order valence-corrected chi connectivity index (χ0v) is 16.9. The summed E-state index contributed by atoms with van der Waals surface area (Å²) in [7, 11) is 0. The first-order valence-corrected chi connectivity index (χ1v) is 11.0. The van der Waals surface area contributed by atoms with Crippen LogP contribution in [0.5, 0.6) is 5.88 Å². The molecular formula is C25H35NO. The highest BCUT2D eigenvalue weighted by Gasteiger charge is 2.17. The summed E-state index contributed by atoms with van der Waals surface area (Å²) in [6.07, 6.45) is 15.1. The van der Waals surface area contributed by atoms with E-state index in [0.717, 1.165) is 11.8 Å². The van der Waals surface area contributed by atoms with Crippen LogP contribution in [-0.4, -0.2) is 11.6 Å². The van der Waals surface area contributed by atoms with Crippen molar-refractivity contribution in [2.75, 3.05) is 6.61 Å². The maximum absolute atomic E-state index is 6.02. The fourth-order valence-electron chi connectivity index (χ4n) is 4.26. The van der Waals surface area contributed by atoms with Crippen LogP contribution in [0, 0.1) is 0 Å². The van der Waals surface area contributed by atoms with E-state index in [9.17, 15) is 0 Å². The van der Waals surface area contributed by atoms with Crippen LogP contribution in [0.4, 0.5) is 0 Å². The second-order valence-electron chi connectivity index (χ2n) is 8.03. The molecule has 0 spiro atoms. The average Bonchev–Trinajstić information content (AvgIpc) is 2.75. The number of hydrogen-bond donors (Lipinski definition) is 0. The van der Waals surface area contributed by atoms with Crippen LogP contribution in [-0.2, 0) is 0 Å². The monoisotopic (exact) mass is 365 g/mol. The van der Waals surface area contributed by atoms with Gasteiger partial charge in [0.25, 0.3) is 0 Å². The molecular weight excluding hydrogens is 330 g/mol. The lowest BCUT2D eigenvalue weighted by Crippen LogP contribution is -2.12. The summed E-state index contributed by atoms with van der Waals surface area (Å²) in [4.78, 5) is 4.31. The van der Waals surface area contributed by atoms with Crippen molar-refractivity contribution in [3.8, 4) is 5.88 Å². The van der Waals surface area contributed by atoms with Crippen LogP contribution in [0.25, 0.3) is 0 Å². The number of ether oxygens (including phenoxy) is 1. The molecule has 146 valence electrons. The molecule has 0 N–H and O–H groups in total. The van der Waals surface area contributed by atoms with Gasteiger partial charge in [-0.3, -0.25) is 0 Å². The van der Waals surface area contributed by atoms with Gasteiger partial charge in [0.15, 0.2) is 0 Å². The van der Waals surface area contributed by atoms with Gasteiger partial charge in [0, 0.05) is 18.2 Å². The van der Waals surface area contributed by atoms with Crippen LogP contribution in [0.2, 0.25) is 0 Å². The number of hydrogen-bond acceptors (Lipinski definition) is 2. The van der Waals surface area contributed by atoms with Gasteiger partial charge in [-0.1, -0.05) is 82.2 Å². The molecule has 2 nitrogen and oxygen atoms in total. The Morgan fingerprint density at radius 2 is 1.78 bits per heavy atom. The van der Waals surface area contributed by atoms with Crippen molar-refractivity contribution in [2.24, 2.45) is 0 Å². The summed E-state index contributed by atoms with van der Waals surface area (Å²) in [6.45, 7) is 2.98. The van der Waals surface area contributed by atoms with Crippen LogP contribution in [0.3, 0.4) is 0 Å². The molecule has 1 unspecified atom stereocenters. The molecule has 1 aliphatic carbocycles. The van der Waals surface area contributed by atoms with Crippen molar-refractivity contribution in [1.82, 2.24) is 4.98 Å². The minimum Gasteiger partial charge on any atom is -0.477 e. The van der Waals surface area contributed by atoms with Crippen LogP contribution < -0.4 is 4.74 Å². The van der Waals surface area contributed by atoms with E-state index in [1.807, 2.05) is 18.2 Å². The standard InChI is InChI=1S/C25H35NO/c1-2-3-4-6-13-24(20-27-25-14-9-10-19-26-25)23-17-15-22(16-18-23)21-11-7-5-8-12-21/h9-10,14-19,21,24H,2-8,11-13,20H2,1H3. The fourth-order valence-corrected chi connectivity index (χ4v) is 4.26. The van der Waals surface area contributed by atoms with E-state index in [1.54, 1.807) is 6.20 Å². The second-order valence-corrected chi connectivity index (χ2v) is 8.03. The zero-order valence-electron chi connectivity index (χ0n) is 16.9. The predicted octanol–water partition coefficient (Wildman–Crippen LogP) is 7.26. The van der Waals surface area contributed by atoms with E-state index >= 15 is 0 Å². The Bertz CT molecular complexity index is 631. The van der Waals surface area contributed by atoms with E-state index in [-0.39, 0.29) is 0 Å². The number of unbranched alkanes of at least 4 members (excludes halogenated alkanes) is 3. The Balaban J connectivity index is 1.62. The number of rotatable bonds is 10. The van der Waals surface area contributed by atoms with Crippen molar-refractivity contribution in [3.63, 3.8) is 0 Å². The Labute approximate surface area is 165 Å². The molecule has 0 aliphatic heterocycles. The minimum atomic E-state index is 0.448. The Morgan fingerprint density at radius 3 is 2.48 bits per heavy atom. The number of nitrogens with zero attached hydrogens (tertiary/aromatic N) is 1. The lowest BCUT2D eigenvalue weighted by molar-refractivity contribution is 0.268. The topological polar surface area (TPSA) is 22.1 Å². The van der Waals surface area contributed by atoms with Crippen molar-refractivity contribution in [3.05, 3.63) is 59.8 Å². The molecule has 0 saturated heterocycles. The summed E-state index contributed by atoms with van der Waals surface area (Å²) < 4.78 is 6.02. The van der Waals surface area contributed by atoms with E-state index < -0.39 is 0 Å². The van der Waals surface area contributed by atoms with Crippen molar-refractivity contribution < 1.29 is 4.74 Å². The van der Waals surface area contributed by atoms with Gasteiger partial charge in [-0.05, 0) is 42.4 Å². The Hall–Kier alpha value is -1.83. The molecule has 0 amide bonds. The summed E-state index contributed by atoms with van der Waals surface area (Å²) in [5.74, 6) is 1.96. The highest BCUT2D eigenvalue weighted by atomic mass is 16.5. The summed E-state index contributed by atoms with van der Waals surface area (Å²) in [5.41, 5.74) is 2.95. The predicted molar refractivity (Wildman–Crippen MR) is 114 cm³/mol. The molecule has 0 bridgehead atoms. The SMILES string of the molecule is CCCCCCC(COc1ccccn1)c1ccc(C2CCCCC2)cc1. The Morgan fingerprint density at radius 1 is 0.963 bits per heavy atom. The van der Waals surface area contributed by atoms with Crippen molar-refractivity contribution >= 4 is 0 Å². The molecule has 1 fully saturated rings. The first-order valence-electron chi connectivity index (χ1n) is 11.0. The second kappa shape index (κ2) is 11.1. The zero-order chi connectivity index (χ0) is 18.7. The first-order chi connectivity index (χ1) is 13.4. The lowest BCUT2D eigenvalue weighted by atomic mass is 9.83. The molecule has 1 atom stereocenters. The fraction of sp³-hybridized carbons (Fsp3) is 0.560. The van der Waals surface area contributed by atoms with Crippen molar-refractivity contribution in [1.29, 1.82) is 0 Å². The highest BCUT2D eigenvalue weighted by Crippen LogP contribution is 2.33. The molecule has 3 rings (SSSR count). The van der Waals surface area contributed by atoms with Gasteiger partial charge >= 0.3 is 0 Å². The number of pyridine rings is 1. The van der Waals surface area contributed by atoms with E-state index in [4.69, 9.17) is 4.74 Å². The summed E-state index contributed by atoms with van der Waals surface area (Å²) >= 11 is 0. The normalized spacial score (nSPS) is 16.2. The quantitative estimate of drug-likeness (QED) is 0.413. The van der Waals surface area contributed by atoms with Gasteiger partial charge in [-0.2, -0.15) is 0 Å². The highest BCUT2D eigenvalue weighted by molar-refractivity contribution is 5.28. The van der Waals surface area contributed by atoms with E-state index in [0.29, 0.717) is 12.5 Å². The van der Waals surface area contributed by atoms with Gasteiger partial charge in [0.05, 0.1) is 6.61 Å². The van der Waals surface area contributed by atoms with Gasteiger partial charge in [0.1, 0.15) is 0 Å². The molecule has 1 saturated carbocycles. The summed E-state index contributed by atoms with van der Waals surface area (Å²) in [5, 5.41) is 0. The Kier molecular flexibility index (Phi) is 8.20. The largest absolute Gasteiger partial charge is 0.477 e. The van der Waals surface area contributed by atoms with E-state index in [2.05, 4.69) is 36.2 Å². The van der Waals surface area contributed by atoms with Crippen LogP contribution >= 0.6 is 0 Å². The number of aromatic nitrogens is 1. The van der Waals surface area contributed by atoms with E-state index in [1.165, 1.54) is 75.3 Å². The maximum atomic E-state index is 6.02. The first kappa shape index (κ1) is 19.9. The lowest BCUT2D eigenvalue weighted by Gasteiger charge is -2.23. The third kappa shape index (κ3) is 6.37. The number of benzene rings is 1. The molecule has 2 aromatic rings. The molecule has 1 aromatic carbocycles. The van der Waals surface area contributed by atoms with Gasteiger partial charge in [-0.15, -0.1) is 0 Å². The smallest absolute Gasteiger partial charge is 0.213 e. The third-order valence-corrected chi connectivity index (χ3v) is 5.96. The molecule has 2 heteroatoms. The van der Waals surface area contributed by atoms with Crippen molar-refractivity contribution in [2.45, 2.75) is 83.0 Å².